The van der Waals surface area contributed by atoms with Crippen LogP contribution in [0.15, 0.2) is 48.5 Å². The van der Waals surface area contributed by atoms with Crippen LogP contribution in [-0.2, 0) is 14.3 Å². The van der Waals surface area contributed by atoms with Gasteiger partial charge in [0.15, 0.2) is 0 Å². The quantitative estimate of drug-likeness (QED) is 0.776. The van der Waals surface area contributed by atoms with E-state index in [0.29, 0.717) is 6.54 Å². The summed E-state index contributed by atoms with van der Waals surface area (Å²) in [5.74, 6) is -1.62. The number of hydrogen-bond acceptors (Lipinski definition) is 4. The second-order valence-corrected chi connectivity index (χ2v) is 8.61. The minimum absolute atomic E-state index is 0.0214. The number of alkyl carbamates (subject to hydrolysis) is 1. The maximum atomic E-state index is 12.7. The molecule has 0 radical (unpaired) electrons. The van der Waals surface area contributed by atoms with E-state index in [9.17, 15) is 19.5 Å². The summed E-state index contributed by atoms with van der Waals surface area (Å²) in [7, 11) is 0. The molecule has 2 N–H and O–H groups in total. The summed E-state index contributed by atoms with van der Waals surface area (Å²) >= 11 is 0. The standard InChI is InChI=1S/C24H24N2O5/c1-13(22(27)26-11-14-10-20(26)21(14)23(28)29)25-24(30)31-12-19-17-8-4-2-6-15(17)16-7-3-5-9-18(16)19/h2-9,13-14,19-21H,10-12H2,1H3,(H,25,30)(H,28,29)/t13-,14?,20?,21?/m1/s1. The average molecular weight is 420 g/mol. The molecule has 7 heteroatoms. The van der Waals surface area contributed by atoms with E-state index in [-0.39, 0.29) is 30.4 Å². The second-order valence-electron chi connectivity index (χ2n) is 8.61. The molecular weight excluding hydrogens is 396 g/mol. The van der Waals surface area contributed by atoms with Gasteiger partial charge in [-0.1, -0.05) is 48.5 Å². The van der Waals surface area contributed by atoms with Crippen LogP contribution >= 0.6 is 0 Å². The second kappa shape index (κ2) is 7.41. The first-order valence-corrected chi connectivity index (χ1v) is 10.6. The number of carbonyl (C=O) groups is 3. The van der Waals surface area contributed by atoms with Gasteiger partial charge in [-0.05, 0) is 41.5 Å². The number of amides is 2. The van der Waals surface area contributed by atoms with Gasteiger partial charge in [-0.2, -0.15) is 0 Å². The van der Waals surface area contributed by atoms with Gasteiger partial charge in [0, 0.05) is 18.5 Å². The van der Waals surface area contributed by atoms with Crippen molar-refractivity contribution in [2.45, 2.75) is 31.3 Å². The molecule has 7 nitrogen and oxygen atoms in total. The molecule has 31 heavy (non-hydrogen) atoms. The molecule has 1 saturated carbocycles. The lowest BCUT2D eigenvalue weighted by molar-refractivity contribution is -0.148. The summed E-state index contributed by atoms with van der Waals surface area (Å²) in [6.45, 7) is 2.22. The summed E-state index contributed by atoms with van der Waals surface area (Å²) in [6, 6.07) is 15.1. The minimum Gasteiger partial charge on any atom is -0.481 e. The van der Waals surface area contributed by atoms with Gasteiger partial charge in [-0.15, -0.1) is 0 Å². The van der Waals surface area contributed by atoms with Crippen LogP contribution in [0.3, 0.4) is 0 Å². The predicted octanol–water partition coefficient (Wildman–Crippen LogP) is 2.85. The molecule has 2 heterocycles. The van der Waals surface area contributed by atoms with Crippen LogP contribution in [0, 0.1) is 11.8 Å². The number of nitrogens with one attached hydrogen (secondary N) is 1. The van der Waals surface area contributed by atoms with Crippen molar-refractivity contribution in [3.8, 4) is 11.1 Å². The van der Waals surface area contributed by atoms with E-state index >= 15 is 0 Å². The van der Waals surface area contributed by atoms with Crippen LogP contribution in [0.1, 0.15) is 30.4 Å². The molecule has 2 aliphatic carbocycles. The third-order valence-electron chi connectivity index (χ3n) is 6.91. The van der Waals surface area contributed by atoms with Gasteiger partial charge in [0.2, 0.25) is 5.91 Å². The Balaban J connectivity index is 1.20. The molecule has 0 spiro atoms. The highest BCUT2D eigenvalue weighted by atomic mass is 16.5. The monoisotopic (exact) mass is 420 g/mol. The Labute approximate surface area is 180 Å². The van der Waals surface area contributed by atoms with E-state index in [4.69, 9.17) is 4.74 Å². The number of carboxylic acid groups (broad SMARTS) is 1. The molecule has 2 aromatic rings. The van der Waals surface area contributed by atoms with E-state index in [1.165, 1.54) is 0 Å². The molecule has 2 bridgehead atoms. The van der Waals surface area contributed by atoms with Crippen LogP contribution in [0.4, 0.5) is 4.79 Å². The van der Waals surface area contributed by atoms with Crippen molar-refractivity contribution in [3.63, 3.8) is 0 Å². The molecule has 160 valence electrons. The molecule has 6 rings (SSSR count). The van der Waals surface area contributed by atoms with Gasteiger partial charge < -0.3 is 20.1 Å². The summed E-state index contributed by atoms with van der Waals surface area (Å²) in [5.41, 5.74) is 4.54. The predicted molar refractivity (Wildman–Crippen MR) is 112 cm³/mol. The highest BCUT2D eigenvalue weighted by molar-refractivity contribution is 5.87. The van der Waals surface area contributed by atoms with Gasteiger partial charge in [0.05, 0.1) is 5.92 Å². The number of hydrogen-bond donors (Lipinski definition) is 2. The lowest BCUT2D eigenvalue weighted by atomic mass is 9.74. The highest BCUT2D eigenvalue weighted by Crippen LogP contribution is 2.47. The Morgan fingerprint density at radius 3 is 2.29 bits per heavy atom. The fraction of sp³-hybridized carbons (Fsp3) is 0.375. The van der Waals surface area contributed by atoms with E-state index < -0.39 is 24.0 Å². The number of carboxylic acids is 1. The van der Waals surface area contributed by atoms with Crippen LogP contribution in [-0.4, -0.2) is 53.2 Å². The van der Waals surface area contributed by atoms with Crippen LogP contribution < -0.4 is 5.32 Å². The number of aliphatic carboxylic acids is 1. The maximum absolute atomic E-state index is 12.7. The maximum Gasteiger partial charge on any atom is 0.407 e. The first-order valence-electron chi connectivity index (χ1n) is 10.6. The van der Waals surface area contributed by atoms with Crippen molar-refractivity contribution < 1.29 is 24.2 Å². The number of carbonyl (C=O) groups excluding carboxylic acids is 2. The van der Waals surface area contributed by atoms with Gasteiger partial charge in [-0.25, -0.2) is 4.79 Å². The Morgan fingerprint density at radius 2 is 1.71 bits per heavy atom. The van der Waals surface area contributed by atoms with E-state index in [2.05, 4.69) is 17.4 Å². The molecule has 2 saturated heterocycles. The third kappa shape index (κ3) is 3.15. The van der Waals surface area contributed by atoms with Crippen molar-refractivity contribution in [2.75, 3.05) is 13.2 Å². The van der Waals surface area contributed by atoms with Crippen molar-refractivity contribution in [2.24, 2.45) is 11.8 Å². The summed E-state index contributed by atoms with van der Waals surface area (Å²) in [6.07, 6.45) is 0.0736. The SMILES string of the molecule is C[C@@H](NC(=O)OCC1c2ccccc2-c2ccccc21)C(=O)N1CC2CC1C2C(=O)O. The number of fused-ring (bicyclic) bond motifs is 4. The van der Waals surface area contributed by atoms with E-state index in [1.807, 2.05) is 36.4 Å². The summed E-state index contributed by atoms with van der Waals surface area (Å²) in [5, 5.41) is 11.9. The van der Waals surface area contributed by atoms with Gasteiger partial charge >= 0.3 is 12.1 Å². The van der Waals surface area contributed by atoms with Gasteiger partial charge in [0.25, 0.3) is 0 Å². The fourth-order valence-electron chi connectivity index (χ4n) is 5.37. The Morgan fingerprint density at radius 1 is 1.10 bits per heavy atom. The van der Waals surface area contributed by atoms with Crippen LogP contribution in [0.2, 0.25) is 0 Å². The zero-order chi connectivity index (χ0) is 21.7. The highest BCUT2D eigenvalue weighted by Gasteiger charge is 2.57. The van der Waals surface area contributed by atoms with Crippen molar-refractivity contribution in [1.82, 2.24) is 10.2 Å². The fourth-order valence-corrected chi connectivity index (χ4v) is 5.37. The first-order chi connectivity index (χ1) is 15.0. The van der Waals surface area contributed by atoms with Crippen molar-refractivity contribution in [3.05, 3.63) is 59.7 Å². The molecule has 0 aromatic heterocycles. The van der Waals surface area contributed by atoms with Crippen LogP contribution in [0.25, 0.3) is 11.1 Å². The molecule has 2 aromatic carbocycles. The number of benzene rings is 2. The molecular formula is C24H24N2O5. The largest absolute Gasteiger partial charge is 0.481 e. The molecule has 3 unspecified atom stereocenters. The zero-order valence-corrected chi connectivity index (χ0v) is 17.2. The zero-order valence-electron chi connectivity index (χ0n) is 17.2. The lowest BCUT2D eigenvalue weighted by Crippen LogP contribution is -2.50. The summed E-state index contributed by atoms with van der Waals surface area (Å²) in [4.78, 5) is 38.1. The topological polar surface area (TPSA) is 95.9 Å². The number of ether oxygens (including phenoxy) is 1. The third-order valence-corrected chi connectivity index (χ3v) is 6.91. The molecule has 2 aliphatic heterocycles. The summed E-state index contributed by atoms with van der Waals surface area (Å²) < 4.78 is 5.50. The van der Waals surface area contributed by atoms with Crippen molar-refractivity contribution in [1.29, 1.82) is 0 Å². The van der Waals surface area contributed by atoms with Crippen molar-refractivity contribution >= 4 is 18.0 Å². The first kappa shape index (κ1) is 19.6. The molecule has 4 aliphatic rings. The smallest absolute Gasteiger partial charge is 0.407 e. The van der Waals surface area contributed by atoms with Gasteiger partial charge in [-0.3, -0.25) is 9.59 Å². The molecule has 2 amide bonds. The number of rotatable bonds is 5. The van der Waals surface area contributed by atoms with Crippen LogP contribution in [0.5, 0.6) is 0 Å². The van der Waals surface area contributed by atoms with Gasteiger partial charge in [0.1, 0.15) is 12.6 Å². The molecule has 3 fully saturated rings. The average Bonchev–Trinajstić information content (AvgIpc) is 3.42. The Bertz CT molecular complexity index is 1020. The molecule has 4 atom stereocenters. The Hall–Kier alpha value is -3.35. The van der Waals surface area contributed by atoms with E-state index in [0.717, 1.165) is 28.7 Å². The Kier molecular flexibility index (Phi) is 4.68. The normalized spacial score (nSPS) is 24.0. The van der Waals surface area contributed by atoms with E-state index in [1.54, 1.807) is 11.8 Å². The lowest BCUT2D eigenvalue weighted by Gasteiger charge is -2.33. The minimum atomic E-state index is -0.853. The number of nitrogens with zero attached hydrogens (tertiary/aromatic N) is 1.